The van der Waals surface area contributed by atoms with Crippen molar-refractivity contribution in [2.75, 3.05) is 13.6 Å². The largest absolute Gasteiger partial charge is 0.477 e. The molecule has 0 amide bonds. The molecule has 1 fully saturated rings. The minimum Gasteiger partial charge on any atom is -0.477 e. The molecule has 0 saturated heterocycles. The van der Waals surface area contributed by atoms with Crippen LogP contribution in [0.15, 0.2) is 14.7 Å². The Morgan fingerprint density at radius 2 is 2.22 bits per heavy atom. The number of sulfonamides is 1. The van der Waals surface area contributed by atoms with Gasteiger partial charge in [0, 0.05) is 13.6 Å². The van der Waals surface area contributed by atoms with Crippen molar-refractivity contribution in [3.63, 3.8) is 0 Å². The van der Waals surface area contributed by atoms with E-state index in [0.29, 0.717) is 16.2 Å². The molecule has 1 aliphatic carbocycles. The summed E-state index contributed by atoms with van der Waals surface area (Å²) >= 11 is 4.03. The van der Waals surface area contributed by atoms with Crippen LogP contribution in [0.5, 0.6) is 0 Å². The maximum Gasteiger partial charge on any atom is 0.345 e. The van der Waals surface area contributed by atoms with Crippen LogP contribution in [-0.4, -0.2) is 37.4 Å². The molecule has 0 atom stereocenters. The normalized spacial score (nSPS) is 16.2. The predicted molar refractivity (Wildman–Crippen MR) is 71.5 cm³/mol. The highest BCUT2D eigenvalue weighted by Crippen LogP contribution is 2.35. The Bertz CT molecular complexity index is 577. The lowest BCUT2D eigenvalue weighted by molar-refractivity contribution is 0.0702. The van der Waals surface area contributed by atoms with E-state index in [1.165, 1.54) is 17.4 Å². The number of hydrogen-bond acceptors (Lipinski definition) is 4. The van der Waals surface area contributed by atoms with Gasteiger partial charge in [-0.3, -0.25) is 0 Å². The molecule has 0 unspecified atom stereocenters. The minimum absolute atomic E-state index is 0.0141. The summed E-state index contributed by atoms with van der Waals surface area (Å²) in [5.41, 5.74) is 0. The van der Waals surface area contributed by atoms with E-state index in [1.54, 1.807) is 0 Å². The number of thiophene rings is 1. The van der Waals surface area contributed by atoms with Crippen LogP contribution < -0.4 is 0 Å². The van der Waals surface area contributed by atoms with Crippen molar-refractivity contribution in [2.45, 2.75) is 17.7 Å². The molecule has 1 aromatic rings. The number of carbonyl (C=O) groups is 1. The second kappa shape index (κ2) is 4.92. The molecular weight excluding hydrogens is 342 g/mol. The molecule has 100 valence electrons. The SMILES string of the molecule is CN(CC1CC1)S(=O)(=O)c1cc(C(=O)O)sc1Br. The monoisotopic (exact) mass is 353 g/mol. The van der Waals surface area contributed by atoms with Crippen molar-refractivity contribution in [3.05, 3.63) is 14.7 Å². The molecule has 18 heavy (non-hydrogen) atoms. The van der Waals surface area contributed by atoms with Gasteiger partial charge in [0.25, 0.3) is 0 Å². The summed E-state index contributed by atoms with van der Waals surface area (Å²) in [6.45, 7) is 0.493. The van der Waals surface area contributed by atoms with Crippen molar-refractivity contribution in [3.8, 4) is 0 Å². The van der Waals surface area contributed by atoms with Gasteiger partial charge in [-0.15, -0.1) is 11.3 Å². The third-order valence-corrected chi connectivity index (χ3v) is 6.83. The molecule has 0 spiro atoms. The van der Waals surface area contributed by atoms with Crippen LogP contribution in [0.2, 0.25) is 0 Å². The maximum absolute atomic E-state index is 12.3. The van der Waals surface area contributed by atoms with Gasteiger partial charge < -0.3 is 5.11 Å². The fourth-order valence-electron chi connectivity index (χ4n) is 1.56. The lowest BCUT2D eigenvalue weighted by Crippen LogP contribution is -2.28. The highest BCUT2D eigenvalue weighted by Gasteiger charge is 2.31. The Morgan fingerprint density at radius 3 is 2.67 bits per heavy atom. The van der Waals surface area contributed by atoms with Crippen LogP contribution in [0.1, 0.15) is 22.5 Å². The predicted octanol–water partition coefficient (Wildman–Crippen LogP) is 2.24. The van der Waals surface area contributed by atoms with Crippen LogP contribution in [0.3, 0.4) is 0 Å². The number of carboxylic acids is 1. The first-order valence-corrected chi connectivity index (χ1v) is 8.36. The van der Waals surface area contributed by atoms with Crippen LogP contribution in [-0.2, 0) is 10.0 Å². The third kappa shape index (κ3) is 2.76. The van der Waals surface area contributed by atoms with Gasteiger partial charge in [0.1, 0.15) is 9.77 Å². The van der Waals surface area contributed by atoms with Crippen LogP contribution >= 0.6 is 27.3 Å². The second-order valence-electron chi connectivity index (χ2n) is 4.28. The fourth-order valence-corrected chi connectivity index (χ4v) is 5.16. The van der Waals surface area contributed by atoms with E-state index in [4.69, 9.17) is 5.11 Å². The Balaban J connectivity index is 2.30. The zero-order chi connectivity index (χ0) is 13.5. The first kappa shape index (κ1) is 14.0. The van der Waals surface area contributed by atoms with Gasteiger partial charge in [-0.1, -0.05) is 0 Å². The summed E-state index contributed by atoms with van der Waals surface area (Å²) in [7, 11) is -2.08. The highest BCUT2D eigenvalue weighted by atomic mass is 79.9. The second-order valence-corrected chi connectivity index (χ2v) is 8.67. The van der Waals surface area contributed by atoms with Gasteiger partial charge in [-0.25, -0.2) is 17.5 Å². The summed E-state index contributed by atoms with van der Waals surface area (Å²) in [4.78, 5) is 10.9. The highest BCUT2D eigenvalue weighted by molar-refractivity contribution is 9.11. The standard InChI is InChI=1S/C10H12BrNO4S2/c1-12(5-6-2-3-6)18(15,16)8-4-7(10(13)14)17-9(8)11/h4,6H,2-3,5H2,1H3,(H,13,14). The van der Waals surface area contributed by atoms with E-state index in [2.05, 4.69) is 15.9 Å². The van der Waals surface area contributed by atoms with Crippen molar-refractivity contribution in [2.24, 2.45) is 5.92 Å². The summed E-state index contributed by atoms with van der Waals surface area (Å²) in [5.74, 6) is -0.673. The first-order chi connectivity index (χ1) is 8.32. The number of aromatic carboxylic acids is 1. The van der Waals surface area contributed by atoms with Crippen molar-refractivity contribution < 1.29 is 18.3 Å². The van der Waals surface area contributed by atoms with Gasteiger partial charge in [-0.2, -0.15) is 0 Å². The number of hydrogen-bond donors (Lipinski definition) is 1. The summed E-state index contributed by atoms with van der Waals surface area (Å²) in [6, 6.07) is 1.20. The number of carboxylic acid groups (broad SMARTS) is 1. The van der Waals surface area contributed by atoms with Gasteiger partial charge in [0.15, 0.2) is 0 Å². The smallest absolute Gasteiger partial charge is 0.345 e. The summed E-state index contributed by atoms with van der Waals surface area (Å²) in [5, 5.41) is 8.86. The average molecular weight is 354 g/mol. The van der Waals surface area contributed by atoms with Crippen LogP contribution in [0.25, 0.3) is 0 Å². The molecule has 0 aromatic carbocycles. The van der Waals surface area contributed by atoms with E-state index in [1.807, 2.05) is 0 Å². The molecule has 0 aliphatic heterocycles. The van der Waals surface area contributed by atoms with Gasteiger partial charge in [0.05, 0.1) is 3.79 Å². The van der Waals surface area contributed by atoms with E-state index in [9.17, 15) is 13.2 Å². The van der Waals surface area contributed by atoms with E-state index in [-0.39, 0.29) is 9.77 Å². The quantitative estimate of drug-likeness (QED) is 0.880. The zero-order valence-corrected chi connectivity index (χ0v) is 12.8. The minimum atomic E-state index is -3.60. The summed E-state index contributed by atoms with van der Waals surface area (Å²) < 4.78 is 26.2. The van der Waals surface area contributed by atoms with Crippen LogP contribution in [0, 0.1) is 5.92 Å². The number of halogens is 1. The summed E-state index contributed by atoms with van der Waals surface area (Å²) in [6.07, 6.45) is 2.12. The molecule has 2 rings (SSSR count). The molecule has 0 radical (unpaired) electrons. The Kier molecular flexibility index (Phi) is 3.82. The number of nitrogens with zero attached hydrogens (tertiary/aromatic N) is 1. The molecule has 1 aliphatic rings. The van der Waals surface area contributed by atoms with Crippen molar-refractivity contribution in [1.29, 1.82) is 0 Å². The van der Waals surface area contributed by atoms with E-state index < -0.39 is 16.0 Å². The third-order valence-electron chi connectivity index (χ3n) is 2.77. The molecule has 1 aromatic heterocycles. The van der Waals surface area contributed by atoms with E-state index >= 15 is 0 Å². The lowest BCUT2D eigenvalue weighted by Gasteiger charge is -2.16. The fraction of sp³-hybridized carbons (Fsp3) is 0.500. The molecule has 1 N–H and O–H groups in total. The van der Waals surface area contributed by atoms with Crippen LogP contribution in [0.4, 0.5) is 0 Å². The molecule has 1 saturated carbocycles. The van der Waals surface area contributed by atoms with E-state index in [0.717, 1.165) is 24.2 Å². The Labute approximate surface area is 118 Å². The van der Waals surface area contributed by atoms with Gasteiger partial charge in [0.2, 0.25) is 10.0 Å². The number of rotatable bonds is 5. The molecule has 5 nitrogen and oxygen atoms in total. The molecule has 1 heterocycles. The first-order valence-electron chi connectivity index (χ1n) is 5.31. The van der Waals surface area contributed by atoms with Crippen molar-refractivity contribution in [1.82, 2.24) is 4.31 Å². The Morgan fingerprint density at radius 1 is 1.61 bits per heavy atom. The van der Waals surface area contributed by atoms with Gasteiger partial charge in [-0.05, 0) is 40.8 Å². The topological polar surface area (TPSA) is 74.7 Å². The van der Waals surface area contributed by atoms with Gasteiger partial charge >= 0.3 is 5.97 Å². The zero-order valence-electron chi connectivity index (χ0n) is 9.59. The lowest BCUT2D eigenvalue weighted by atomic mass is 10.4. The molecular formula is C10H12BrNO4S2. The molecule has 8 heteroatoms. The Hall–Kier alpha value is -0.440. The average Bonchev–Trinajstić information content (AvgIpc) is 2.98. The maximum atomic E-state index is 12.3. The van der Waals surface area contributed by atoms with Crippen molar-refractivity contribution >= 4 is 43.3 Å². The molecule has 0 bridgehead atoms.